The third kappa shape index (κ3) is 4.22. The third-order valence-electron chi connectivity index (χ3n) is 6.43. The molecule has 2 amide bonds. The molecule has 1 saturated heterocycles. The smallest absolute Gasteiger partial charge is 0.411 e. The molecular formula is C26H20Cl2N2O5. The molecule has 1 unspecified atom stereocenters. The predicted octanol–water partition coefficient (Wildman–Crippen LogP) is 5.65. The molecule has 3 aromatic rings. The minimum absolute atomic E-state index is 0.0433. The van der Waals surface area contributed by atoms with E-state index in [1.165, 1.54) is 17.0 Å². The molecule has 178 valence electrons. The zero-order valence-corrected chi connectivity index (χ0v) is 19.8. The lowest BCUT2D eigenvalue weighted by Gasteiger charge is -2.38. The molecule has 7 nitrogen and oxygen atoms in total. The summed E-state index contributed by atoms with van der Waals surface area (Å²) in [7, 11) is 0. The van der Waals surface area contributed by atoms with Crippen LogP contribution >= 0.6 is 23.2 Å². The fourth-order valence-corrected chi connectivity index (χ4v) is 5.19. The number of carbonyl (C=O) groups is 3. The lowest BCUT2D eigenvalue weighted by molar-refractivity contribution is -0.146. The van der Waals surface area contributed by atoms with Gasteiger partial charge >= 0.3 is 12.1 Å². The van der Waals surface area contributed by atoms with Crippen molar-refractivity contribution in [2.24, 2.45) is 0 Å². The van der Waals surface area contributed by atoms with E-state index in [0.29, 0.717) is 13.0 Å². The second kappa shape index (κ2) is 9.24. The molecule has 1 aliphatic heterocycles. The first kappa shape index (κ1) is 23.2. The summed E-state index contributed by atoms with van der Waals surface area (Å²) in [6.07, 6.45) is -0.340. The maximum absolute atomic E-state index is 12.7. The van der Waals surface area contributed by atoms with Gasteiger partial charge in [0.15, 0.2) is 0 Å². The number of benzene rings is 3. The summed E-state index contributed by atoms with van der Waals surface area (Å²) >= 11 is 12.6. The number of nitrogens with zero attached hydrogens (tertiary/aromatic N) is 1. The molecule has 0 spiro atoms. The van der Waals surface area contributed by atoms with Crippen LogP contribution < -0.4 is 5.32 Å². The van der Waals surface area contributed by atoms with Crippen LogP contribution in [-0.4, -0.2) is 47.2 Å². The molecule has 0 aromatic heterocycles. The number of anilines is 1. The Bertz CT molecular complexity index is 1290. The van der Waals surface area contributed by atoms with Crippen LogP contribution in [0.15, 0.2) is 60.7 Å². The number of aliphatic carboxylic acids is 1. The second-order valence-electron chi connectivity index (χ2n) is 8.41. The van der Waals surface area contributed by atoms with Crippen LogP contribution in [0.4, 0.5) is 10.5 Å². The van der Waals surface area contributed by atoms with Crippen molar-refractivity contribution in [1.29, 1.82) is 0 Å². The topological polar surface area (TPSA) is 95.9 Å². The molecule has 1 fully saturated rings. The van der Waals surface area contributed by atoms with Crippen molar-refractivity contribution < 1.29 is 24.2 Å². The Hall–Kier alpha value is -3.55. The predicted molar refractivity (Wildman–Crippen MR) is 132 cm³/mol. The first-order valence-electron chi connectivity index (χ1n) is 11.0. The molecule has 3 aromatic carbocycles. The highest BCUT2D eigenvalue weighted by Gasteiger charge is 2.38. The van der Waals surface area contributed by atoms with E-state index in [1.807, 2.05) is 36.4 Å². The van der Waals surface area contributed by atoms with Gasteiger partial charge in [-0.1, -0.05) is 71.7 Å². The van der Waals surface area contributed by atoms with Crippen molar-refractivity contribution in [3.05, 3.63) is 87.4 Å². The second-order valence-corrected chi connectivity index (χ2v) is 9.22. The number of fused-ring (bicyclic) bond motifs is 3. The number of nitrogens with one attached hydrogen (secondary N) is 1. The van der Waals surface area contributed by atoms with Gasteiger partial charge in [-0.25, -0.2) is 9.59 Å². The summed E-state index contributed by atoms with van der Waals surface area (Å²) in [6, 6.07) is 17.9. The number of likely N-dealkylation sites (tertiary alicyclic amines) is 1. The molecule has 9 heteroatoms. The molecule has 1 heterocycles. The summed E-state index contributed by atoms with van der Waals surface area (Å²) in [5, 5.41) is 11.8. The number of ether oxygens (including phenoxy) is 1. The van der Waals surface area contributed by atoms with Crippen LogP contribution in [0.1, 0.15) is 33.8 Å². The van der Waals surface area contributed by atoms with Crippen molar-refractivity contribution in [2.75, 3.05) is 18.5 Å². The highest BCUT2D eigenvalue weighted by Crippen LogP contribution is 2.44. The number of amides is 2. The van der Waals surface area contributed by atoms with E-state index in [-0.39, 0.29) is 33.8 Å². The van der Waals surface area contributed by atoms with Crippen LogP contribution in [0.3, 0.4) is 0 Å². The van der Waals surface area contributed by atoms with Gasteiger partial charge in [-0.2, -0.15) is 0 Å². The normalized spacial score (nSPS) is 16.2. The number of hydrogen-bond acceptors (Lipinski definition) is 4. The Balaban J connectivity index is 1.28. The van der Waals surface area contributed by atoms with Crippen LogP contribution in [0.2, 0.25) is 10.0 Å². The molecule has 5 rings (SSSR count). The summed E-state index contributed by atoms with van der Waals surface area (Å²) < 4.78 is 5.53. The van der Waals surface area contributed by atoms with Gasteiger partial charge in [0.1, 0.15) is 12.6 Å². The number of rotatable bonds is 5. The van der Waals surface area contributed by atoms with Gasteiger partial charge < -0.3 is 14.7 Å². The molecule has 0 bridgehead atoms. The summed E-state index contributed by atoms with van der Waals surface area (Å²) in [6.45, 7) is 0.460. The highest BCUT2D eigenvalue weighted by molar-refractivity contribution is 6.40. The Morgan fingerprint density at radius 2 is 1.54 bits per heavy atom. The lowest BCUT2D eigenvalue weighted by Crippen LogP contribution is -2.55. The van der Waals surface area contributed by atoms with E-state index >= 15 is 0 Å². The SMILES string of the molecule is O=C(Nc1c(Cl)cc(C(=O)N2CCC2C(=O)O)cc1Cl)OCC1c2ccccc2-c2ccccc21. The average molecular weight is 511 g/mol. The Labute approximate surface area is 211 Å². The molecule has 0 radical (unpaired) electrons. The van der Waals surface area contributed by atoms with Crippen molar-refractivity contribution in [2.45, 2.75) is 18.4 Å². The standard InChI is InChI=1S/C26H20Cl2N2O5/c27-20-11-14(24(31)30-10-9-22(30)25(32)33)12-21(28)23(20)29-26(34)35-13-19-17-7-3-1-5-15(17)16-6-2-4-8-18(16)19/h1-8,11-12,19,22H,9-10,13H2,(H,29,34)(H,32,33). The minimum Gasteiger partial charge on any atom is -0.480 e. The number of carboxylic acid groups (broad SMARTS) is 1. The van der Waals surface area contributed by atoms with E-state index in [2.05, 4.69) is 17.4 Å². The monoisotopic (exact) mass is 510 g/mol. The average Bonchev–Trinajstić information content (AvgIpc) is 3.12. The summed E-state index contributed by atoms with van der Waals surface area (Å²) in [5.74, 6) is -1.65. The van der Waals surface area contributed by atoms with Crippen LogP contribution in [0.25, 0.3) is 11.1 Å². The Morgan fingerprint density at radius 1 is 0.971 bits per heavy atom. The number of carbonyl (C=O) groups excluding carboxylic acids is 2. The summed E-state index contributed by atoms with van der Waals surface area (Å²) in [5.41, 5.74) is 4.67. The number of halogens is 2. The fourth-order valence-electron chi connectivity index (χ4n) is 4.61. The molecule has 0 saturated carbocycles. The van der Waals surface area contributed by atoms with E-state index < -0.39 is 24.0 Å². The van der Waals surface area contributed by atoms with Gasteiger partial charge in [0, 0.05) is 18.0 Å². The molecule has 2 aliphatic rings. The van der Waals surface area contributed by atoms with Gasteiger partial charge in [-0.15, -0.1) is 0 Å². The van der Waals surface area contributed by atoms with Crippen molar-refractivity contribution >= 4 is 46.9 Å². The van der Waals surface area contributed by atoms with Crippen LogP contribution in [0.5, 0.6) is 0 Å². The minimum atomic E-state index is -1.06. The fraction of sp³-hybridized carbons (Fsp3) is 0.192. The van der Waals surface area contributed by atoms with E-state index in [0.717, 1.165) is 22.3 Å². The largest absolute Gasteiger partial charge is 0.480 e. The quantitative estimate of drug-likeness (QED) is 0.462. The summed E-state index contributed by atoms with van der Waals surface area (Å²) in [4.78, 5) is 37.7. The van der Waals surface area contributed by atoms with Crippen LogP contribution in [0, 0.1) is 0 Å². The Morgan fingerprint density at radius 3 is 2.06 bits per heavy atom. The van der Waals surface area contributed by atoms with Gasteiger partial charge in [-0.05, 0) is 40.8 Å². The van der Waals surface area contributed by atoms with Gasteiger partial charge in [0.05, 0.1) is 15.7 Å². The zero-order valence-electron chi connectivity index (χ0n) is 18.3. The van der Waals surface area contributed by atoms with Crippen LogP contribution in [-0.2, 0) is 9.53 Å². The van der Waals surface area contributed by atoms with Gasteiger partial charge in [-0.3, -0.25) is 10.1 Å². The third-order valence-corrected chi connectivity index (χ3v) is 7.02. The van der Waals surface area contributed by atoms with E-state index in [4.69, 9.17) is 27.9 Å². The first-order valence-corrected chi connectivity index (χ1v) is 11.8. The Kier molecular flexibility index (Phi) is 6.13. The number of hydrogen-bond donors (Lipinski definition) is 2. The van der Waals surface area contributed by atoms with Crippen molar-refractivity contribution in [3.8, 4) is 11.1 Å². The van der Waals surface area contributed by atoms with E-state index in [1.54, 1.807) is 0 Å². The highest BCUT2D eigenvalue weighted by atomic mass is 35.5. The van der Waals surface area contributed by atoms with Crippen molar-refractivity contribution in [3.63, 3.8) is 0 Å². The molecule has 1 aliphatic carbocycles. The van der Waals surface area contributed by atoms with Gasteiger partial charge in [0.2, 0.25) is 0 Å². The molecular weight excluding hydrogens is 491 g/mol. The van der Waals surface area contributed by atoms with Crippen molar-refractivity contribution in [1.82, 2.24) is 4.90 Å². The zero-order chi connectivity index (χ0) is 24.7. The van der Waals surface area contributed by atoms with Gasteiger partial charge in [0.25, 0.3) is 5.91 Å². The van der Waals surface area contributed by atoms with E-state index in [9.17, 15) is 19.5 Å². The molecule has 2 N–H and O–H groups in total. The maximum Gasteiger partial charge on any atom is 0.411 e. The first-order chi connectivity index (χ1) is 16.8. The number of carboxylic acids is 1. The molecule has 1 atom stereocenters. The molecule has 35 heavy (non-hydrogen) atoms. The lowest BCUT2D eigenvalue weighted by atomic mass is 9.98. The maximum atomic E-state index is 12.7.